The van der Waals surface area contributed by atoms with E-state index in [1.54, 1.807) is 6.20 Å². The van der Waals surface area contributed by atoms with Crippen LogP contribution < -0.4 is 0 Å². The van der Waals surface area contributed by atoms with Crippen LogP contribution in [0.1, 0.15) is 31.1 Å². The van der Waals surface area contributed by atoms with E-state index in [1.165, 1.54) is 0 Å². The van der Waals surface area contributed by atoms with Crippen molar-refractivity contribution >= 4 is 11.6 Å². The first-order chi connectivity index (χ1) is 13.5. The summed E-state index contributed by atoms with van der Waals surface area (Å²) in [5.41, 5.74) is 5.31. The van der Waals surface area contributed by atoms with Crippen LogP contribution in [0.5, 0.6) is 0 Å². The van der Waals surface area contributed by atoms with Gasteiger partial charge in [0.05, 0.1) is 23.8 Å². The van der Waals surface area contributed by atoms with Gasteiger partial charge >= 0.3 is 0 Å². The maximum absolute atomic E-state index is 6.47. The van der Waals surface area contributed by atoms with Gasteiger partial charge in [0.1, 0.15) is 11.4 Å². The van der Waals surface area contributed by atoms with E-state index in [4.69, 9.17) is 11.6 Å². The van der Waals surface area contributed by atoms with Crippen LogP contribution in [-0.4, -0.2) is 29.9 Å². The highest BCUT2D eigenvalue weighted by atomic mass is 35.5. The fraction of sp³-hybridized carbons (Fsp3) is 0.238. The lowest BCUT2D eigenvalue weighted by molar-refractivity contribution is 0.437. The van der Waals surface area contributed by atoms with Gasteiger partial charge < -0.3 is 4.57 Å². The average molecular weight is 393 g/mol. The summed E-state index contributed by atoms with van der Waals surface area (Å²) in [5.74, 6) is 0.346. The summed E-state index contributed by atoms with van der Waals surface area (Å²) >= 11 is 6.47. The van der Waals surface area contributed by atoms with Gasteiger partial charge in [-0.3, -0.25) is 4.98 Å². The molecule has 1 atom stereocenters. The molecule has 0 radical (unpaired) electrons. The molecule has 3 aromatic heterocycles. The first-order valence-corrected chi connectivity index (χ1v) is 9.54. The van der Waals surface area contributed by atoms with E-state index in [9.17, 15) is 0 Å². The zero-order valence-electron chi connectivity index (χ0n) is 16.0. The third-order valence-electron chi connectivity index (χ3n) is 4.80. The van der Waals surface area contributed by atoms with Crippen molar-refractivity contribution in [3.63, 3.8) is 0 Å². The van der Waals surface area contributed by atoms with Crippen LogP contribution in [0, 0.1) is 12.8 Å². The van der Waals surface area contributed by atoms with Crippen LogP contribution in [0.2, 0.25) is 5.02 Å². The minimum atomic E-state index is 0.0934. The number of aromatic nitrogens is 6. The molecule has 6 nitrogen and oxygen atoms in total. The molecule has 0 saturated carbocycles. The van der Waals surface area contributed by atoms with Crippen LogP contribution >= 0.6 is 11.6 Å². The van der Waals surface area contributed by atoms with Gasteiger partial charge in [-0.15, -0.1) is 0 Å². The lowest BCUT2D eigenvalue weighted by Gasteiger charge is -2.23. The van der Waals surface area contributed by atoms with Crippen molar-refractivity contribution in [1.29, 1.82) is 0 Å². The molecule has 0 amide bonds. The van der Waals surface area contributed by atoms with Gasteiger partial charge in [-0.05, 0) is 36.6 Å². The van der Waals surface area contributed by atoms with Crippen LogP contribution in [0.4, 0.5) is 0 Å². The zero-order chi connectivity index (χ0) is 19.7. The maximum atomic E-state index is 6.47. The molecule has 0 aliphatic carbocycles. The van der Waals surface area contributed by atoms with Crippen LogP contribution in [0.3, 0.4) is 0 Å². The fourth-order valence-electron chi connectivity index (χ4n) is 3.48. The van der Waals surface area contributed by atoms with Crippen molar-refractivity contribution < 1.29 is 0 Å². The Morgan fingerprint density at radius 1 is 1.04 bits per heavy atom. The SMILES string of the molecule is Cc1n[nH]nc1-c1ccnc(-c2cn(C(c3ccccc3Cl)C(C)C)cn2)c1. The van der Waals surface area contributed by atoms with Crippen LogP contribution in [0.25, 0.3) is 22.6 Å². The normalized spacial score (nSPS) is 12.5. The zero-order valence-corrected chi connectivity index (χ0v) is 16.7. The van der Waals surface area contributed by atoms with E-state index in [1.807, 2.05) is 49.8 Å². The van der Waals surface area contributed by atoms with Crippen molar-refractivity contribution in [2.24, 2.45) is 5.92 Å². The molecule has 1 aromatic carbocycles. The van der Waals surface area contributed by atoms with Crippen LogP contribution in [0.15, 0.2) is 55.1 Å². The molecule has 28 heavy (non-hydrogen) atoms. The molecule has 4 rings (SSSR count). The Balaban J connectivity index is 1.71. The van der Waals surface area contributed by atoms with E-state index >= 15 is 0 Å². The van der Waals surface area contributed by atoms with E-state index in [0.717, 1.165) is 38.9 Å². The summed E-state index contributed by atoms with van der Waals surface area (Å²) in [4.78, 5) is 9.10. The third-order valence-corrected chi connectivity index (χ3v) is 5.14. The van der Waals surface area contributed by atoms with Gasteiger partial charge in [-0.25, -0.2) is 4.98 Å². The molecule has 0 fully saturated rings. The van der Waals surface area contributed by atoms with Gasteiger partial charge in [0, 0.05) is 23.0 Å². The van der Waals surface area contributed by atoms with E-state index in [-0.39, 0.29) is 6.04 Å². The molecule has 3 heterocycles. The van der Waals surface area contributed by atoms with Crippen molar-refractivity contribution in [3.05, 3.63) is 71.4 Å². The van der Waals surface area contributed by atoms with E-state index < -0.39 is 0 Å². The smallest absolute Gasteiger partial charge is 0.115 e. The van der Waals surface area contributed by atoms with Gasteiger partial charge in [-0.1, -0.05) is 43.6 Å². The number of benzene rings is 1. The Labute approximate surface area is 168 Å². The Morgan fingerprint density at radius 2 is 1.86 bits per heavy atom. The number of aryl methyl sites for hydroxylation is 1. The topological polar surface area (TPSA) is 72.3 Å². The second-order valence-corrected chi connectivity index (χ2v) is 7.51. The summed E-state index contributed by atoms with van der Waals surface area (Å²) in [6.07, 6.45) is 5.64. The molecular weight excluding hydrogens is 372 g/mol. The number of hydrogen-bond donors (Lipinski definition) is 1. The van der Waals surface area contributed by atoms with Crippen LogP contribution in [-0.2, 0) is 0 Å². The quantitative estimate of drug-likeness (QED) is 0.522. The Bertz CT molecular complexity index is 1100. The highest BCUT2D eigenvalue weighted by Crippen LogP contribution is 2.33. The third kappa shape index (κ3) is 3.43. The molecule has 1 N–H and O–H groups in total. The molecular formula is C21H21ClN6. The molecule has 0 saturated heterocycles. The van der Waals surface area contributed by atoms with Crippen molar-refractivity contribution in [2.45, 2.75) is 26.8 Å². The first kappa shape index (κ1) is 18.4. The predicted octanol–water partition coefficient (Wildman–Crippen LogP) is 4.94. The van der Waals surface area contributed by atoms with E-state index in [0.29, 0.717) is 5.92 Å². The monoisotopic (exact) mass is 392 g/mol. The second kappa shape index (κ2) is 7.56. The summed E-state index contributed by atoms with van der Waals surface area (Å²) in [7, 11) is 0. The van der Waals surface area contributed by atoms with Crippen molar-refractivity contribution in [2.75, 3.05) is 0 Å². The van der Waals surface area contributed by atoms with Gasteiger partial charge in [0.15, 0.2) is 0 Å². The number of hydrogen-bond acceptors (Lipinski definition) is 4. The molecule has 0 spiro atoms. The molecule has 4 aromatic rings. The molecule has 0 aliphatic rings. The van der Waals surface area contributed by atoms with Gasteiger partial charge in [-0.2, -0.15) is 15.4 Å². The Hall–Kier alpha value is -2.99. The Kier molecular flexibility index (Phi) is 4.96. The number of imidazole rings is 1. The number of nitrogens with one attached hydrogen (secondary N) is 1. The molecule has 7 heteroatoms. The number of rotatable bonds is 5. The Morgan fingerprint density at radius 3 is 2.57 bits per heavy atom. The number of pyridine rings is 1. The second-order valence-electron chi connectivity index (χ2n) is 7.10. The number of halogens is 1. The number of nitrogens with zero attached hydrogens (tertiary/aromatic N) is 5. The molecule has 1 unspecified atom stereocenters. The largest absolute Gasteiger partial charge is 0.329 e. The lowest BCUT2D eigenvalue weighted by atomic mass is 9.96. The number of aromatic amines is 1. The first-order valence-electron chi connectivity index (χ1n) is 9.16. The fourth-order valence-corrected chi connectivity index (χ4v) is 3.72. The summed E-state index contributed by atoms with van der Waals surface area (Å²) in [6, 6.07) is 12.0. The number of H-pyrrole nitrogens is 1. The van der Waals surface area contributed by atoms with Gasteiger partial charge in [0.2, 0.25) is 0 Å². The van der Waals surface area contributed by atoms with Crippen molar-refractivity contribution in [1.82, 2.24) is 29.9 Å². The summed E-state index contributed by atoms with van der Waals surface area (Å²) < 4.78 is 2.11. The highest BCUT2D eigenvalue weighted by molar-refractivity contribution is 6.31. The van der Waals surface area contributed by atoms with Gasteiger partial charge in [0.25, 0.3) is 0 Å². The lowest BCUT2D eigenvalue weighted by Crippen LogP contribution is -2.15. The standard InChI is InChI=1S/C21H21ClN6/c1-13(2)21(16-6-4-5-7-17(16)22)28-11-19(24-12-28)18-10-15(8-9-23-18)20-14(3)25-27-26-20/h4-13,21H,1-3H3,(H,25,26,27). The minimum Gasteiger partial charge on any atom is -0.329 e. The van der Waals surface area contributed by atoms with E-state index in [2.05, 4.69) is 49.9 Å². The summed E-state index contributed by atoms with van der Waals surface area (Å²) in [6.45, 7) is 6.28. The highest BCUT2D eigenvalue weighted by Gasteiger charge is 2.21. The minimum absolute atomic E-state index is 0.0934. The average Bonchev–Trinajstić information content (AvgIpc) is 3.33. The molecule has 142 valence electrons. The maximum Gasteiger partial charge on any atom is 0.115 e. The predicted molar refractivity (Wildman–Crippen MR) is 110 cm³/mol. The molecule has 0 bridgehead atoms. The summed E-state index contributed by atoms with van der Waals surface area (Å²) in [5, 5.41) is 11.7. The van der Waals surface area contributed by atoms with Crippen molar-refractivity contribution in [3.8, 4) is 22.6 Å². The molecule has 0 aliphatic heterocycles.